The van der Waals surface area contributed by atoms with Gasteiger partial charge in [0.2, 0.25) is 11.9 Å². The fraction of sp³-hybridized carbons (Fsp3) is 0.0317. The van der Waals surface area contributed by atoms with Gasteiger partial charge in [-0.15, -0.1) is 0 Å². The summed E-state index contributed by atoms with van der Waals surface area (Å²) in [5, 5.41) is 9.13. The van der Waals surface area contributed by atoms with E-state index in [2.05, 4.69) is 237 Å². The normalized spacial score (nSPS) is 14.0. The lowest BCUT2D eigenvalue weighted by atomic mass is 9.92. The monoisotopic (exact) mass is 893 g/mol. The number of nitrogens with zero attached hydrogens (tertiary/aromatic N) is 7. The van der Waals surface area contributed by atoms with Gasteiger partial charge < -0.3 is 9.13 Å². The summed E-state index contributed by atoms with van der Waals surface area (Å²) in [5.41, 5.74) is 13.0. The zero-order chi connectivity index (χ0) is 45.9. The minimum atomic E-state index is -0.118. The molecule has 1 atom stereocenters. The Bertz CT molecular complexity index is 4240. The first-order valence-corrected chi connectivity index (χ1v) is 23.8. The second-order valence-corrected chi connectivity index (χ2v) is 18.2. The van der Waals surface area contributed by atoms with Crippen LogP contribution in [0.15, 0.2) is 218 Å². The number of hydrogen-bond donors (Lipinski definition) is 0. The molecule has 1 aliphatic rings. The molecule has 0 saturated carbocycles. The molecule has 5 heterocycles. The van der Waals surface area contributed by atoms with Gasteiger partial charge in [0.05, 0.1) is 49.8 Å². The van der Waals surface area contributed by atoms with Gasteiger partial charge in [-0.25, -0.2) is 0 Å². The van der Waals surface area contributed by atoms with E-state index < -0.39 is 0 Å². The van der Waals surface area contributed by atoms with E-state index in [9.17, 15) is 0 Å². The zero-order valence-corrected chi connectivity index (χ0v) is 37.7. The van der Waals surface area contributed by atoms with E-state index >= 15 is 0 Å². The quantitative estimate of drug-likeness (QED) is 0.167. The lowest BCUT2D eigenvalue weighted by Crippen LogP contribution is -2.14. The Balaban J connectivity index is 1.09. The van der Waals surface area contributed by atoms with E-state index in [-0.39, 0.29) is 5.92 Å². The number of rotatable bonds is 6. The standard InChI is InChI=1S/C63H39N7/c1-4-18-40(19-5-1)41-32-34-42(35-33-41)61-64-62(69-55-30-16-12-26-47(55)51-38-36-49-45-24-10-14-28-53(45)67(57(49)59(51)69)43-20-6-2-7-21-43)66-63(65-61)70-56-31-17-13-27-48(56)52-39-37-50-46-25-11-15-29-54(46)68(58(50)60(52)70)44-22-8-3-9-23-44/h1-2,4-8,10-34,36-39,42H,35H2. The van der Waals surface area contributed by atoms with Crippen LogP contribution in [-0.4, -0.2) is 33.2 Å². The maximum atomic E-state index is 5.74. The van der Waals surface area contributed by atoms with Gasteiger partial charge in [-0.1, -0.05) is 176 Å². The number of benzene rings is 8. The molecular formula is C63H39N7. The molecule has 0 saturated heterocycles. The number of aromatic nitrogens is 7. The molecule has 0 radical (unpaired) electrons. The minimum absolute atomic E-state index is 0.118. The van der Waals surface area contributed by atoms with Gasteiger partial charge in [0.25, 0.3) is 0 Å². The summed E-state index contributed by atoms with van der Waals surface area (Å²) in [4.78, 5) is 17.0. The molecule has 1 aliphatic carbocycles. The second kappa shape index (κ2) is 15.0. The van der Waals surface area contributed by atoms with E-state index in [0.717, 1.165) is 99.6 Å². The lowest BCUT2D eigenvalue weighted by Gasteiger charge is -2.19. The molecule has 0 amide bonds. The molecule has 0 fully saturated rings. The van der Waals surface area contributed by atoms with Crippen LogP contribution in [-0.2, 0) is 0 Å². The van der Waals surface area contributed by atoms with Crippen molar-refractivity contribution in [1.82, 2.24) is 33.2 Å². The SMILES string of the molecule is c1ccc(-n2c3ccccc3c3ccc4c5ccccc5n(-c5nc(C6C=CC(c7ccccc7)=CC6)nc(-n6c7ccccc7c7ccc8c9ccccc9n(-c9ccccc9)c8c76)n5)c4c32)cc#1. The summed E-state index contributed by atoms with van der Waals surface area (Å²) in [5.74, 6) is 1.69. The number of fused-ring (bicyclic) bond motifs is 14. The molecule has 5 aromatic heterocycles. The number of allylic oxidation sites excluding steroid dienone is 4. The van der Waals surface area contributed by atoms with Crippen molar-refractivity contribution in [3.8, 4) is 23.3 Å². The van der Waals surface area contributed by atoms with Crippen molar-refractivity contribution in [1.29, 1.82) is 0 Å². The first-order chi connectivity index (χ1) is 34.8. The van der Waals surface area contributed by atoms with Crippen molar-refractivity contribution < 1.29 is 0 Å². The van der Waals surface area contributed by atoms with Gasteiger partial charge in [-0.2, -0.15) is 15.0 Å². The van der Waals surface area contributed by atoms with Crippen LogP contribution in [0.25, 0.3) is 116 Å². The second-order valence-electron chi connectivity index (χ2n) is 18.2. The number of para-hydroxylation sites is 5. The van der Waals surface area contributed by atoms with Crippen molar-refractivity contribution >= 4 is 92.8 Å². The predicted molar refractivity (Wildman–Crippen MR) is 286 cm³/mol. The summed E-state index contributed by atoms with van der Waals surface area (Å²) >= 11 is 0. The van der Waals surface area contributed by atoms with Crippen LogP contribution in [0, 0.1) is 12.1 Å². The molecule has 9 aromatic carbocycles. The molecule has 1 unspecified atom stereocenters. The molecule has 0 aliphatic heterocycles. The molecule has 0 bridgehead atoms. The third kappa shape index (κ3) is 5.56. The smallest absolute Gasteiger partial charge is 0.239 e. The Hall–Kier alpha value is -9.51. The van der Waals surface area contributed by atoms with Crippen LogP contribution in [0.4, 0.5) is 0 Å². The predicted octanol–water partition coefficient (Wildman–Crippen LogP) is 15.0. The molecule has 326 valence electrons. The lowest BCUT2D eigenvalue weighted by molar-refractivity contribution is 0.735. The molecule has 7 nitrogen and oxygen atoms in total. The van der Waals surface area contributed by atoms with Gasteiger partial charge >= 0.3 is 0 Å². The summed E-state index contributed by atoms with van der Waals surface area (Å²) < 4.78 is 9.36. The van der Waals surface area contributed by atoms with Gasteiger partial charge in [-0.3, -0.25) is 9.13 Å². The molecule has 0 spiro atoms. The zero-order valence-electron chi connectivity index (χ0n) is 37.7. The molecule has 15 rings (SSSR count). The van der Waals surface area contributed by atoms with E-state index in [1.807, 2.05) is 12.1 Å². The van der Waals surface area contributed by atoms with Gasteiger partial charge in [-0.05, 0) is 66.1 Å². The van der Waals surface area contributed by atoms with E-state index in [1.54, 1.807) is 0 Å². The maximum Gasteiger partial charge on any atom is 0.239 e. The highest BCUT2D eigenvalue weighted by molar-refractivity contribution is 6.25. The van der Waals surface area contributed by atoms with Crippen molar-refractivity contribution in [2.45, 2.75) is 12.3 Å². The molecule has 14 aromatic rings. The average Bonchev–Trinajstić information content (AvgIpc) is 4.17. The van der Waals surface area contributed by atoms with E-state index in [0.29, 0.717) is 17.7 Å². The third-order valence-corrected chi connectivity index (χ3v) is 14.4. The van der Waals surface area contributed by atoms with Crippen LogP contribution in [0.3, 0.4) is 0 Å². The minimum Gasteiger partial charge on any atom is -0.307 e. The summed E-state index contributed by atoms with van der Waals surface area (Å²) in [7, 11) is 0. The van der Waals surface area contributed by atoms with Crippen molar-refractivity contribution in [3.05, 3.63) is 242 Å². The molecular weight excluding hydrogens is 855 g/mol. The van der Waals surface area contributed by atoms with Crippen LogP contribution in [0.5, 0.6) is 0 Å². The first kappa shape index (κ1) is 38.6. The van der Waals surface area contributed by atoms with Gasteiger partial charge in [0, 0.05) is 60.8 Å². The Morgan fingerprint density at radius 3 is 1.30 bits per heavy atom. The fourth-order valence-electron chi connectivity index (χ4n) is 11.4. The molecule has 7 heteroatoms. The molecule has 0 N–H and O–H groups in total. The third-order valence-electron chi connectivity index (χ3n) is 14.4. The molecule has 70 heavy (non-hydrogen) atoms. The van der Waals surface area contributed by atoms with E-state index in [4.69, 9.17) is 15.0 Å². The van der Waals surface area contributed by atoms with Crippen molar-refractivity contribution in [2.24, 2.45) is 0 Å². The first-order valence-electron chi connectivity index (χ1n) is 23.8. The van der Waals surface area contributed by atoms with Crippen LogP contribution < -0.4 is 0 Å². The number of hydrogen-bond acceptors (Lipinski definition) is 3. The van der Waals surface area contributed by atoms with Gasteiger partial charge in [0.15, 0.2) is 0 Å². The van der Waals surface area contributed by atoms with Crippen LogP contribution >= 0.6 is 0 Å². The Kier molecular flexibility index (Phi) is 8.27. The highest BCUT2D eigenvalue weighted by Gasteiger charge is 2.27. The van der Waals surface area contributed by atoms with Crippen molar-refractivity contribution in [2.75, 3.05) is 0 Å². The summed E-state index contributed by atoms with van der Waals surface area (Å²) in [6.07, 6.45) is 7.55. The highest BCUT2D eigenvalue weighted by Crippen LogP contribution is 2.44. The topological polar surface area (TPSA) is 58.4 Å². The average molecular weight is 894 g/mol. The Labute approximate surface area is 401 Å². The maximum absolute atomic E-state index is 5.74. The van der Waals surface area contributed by atoms with E-state index in [1.165, 1.54) is 16.5 Å². The largest absolute Gasteiger partial charge is 0.307 e. The van der Waals surface area contributed by atoms with Gasteiger partial charge in [0.1, 0.15) is 5.82 Å². The fourth-order valence-corrected chi connectivity index (χ4v) is 11.4. The summed E-state index contributed by atoms with van der Waals surface area (Å²) in [6.45, 7) is 0. The summed E-state index contributed by atoms with van der Waals surface area (Å²) in [6, 6.07) is 77.5. The Morgan fingerprint density at radius 2 is 0.829 bits per heavy atom. The Morgan fingerprint density at radius 1 is 0.386 bits per heavy atom. The van der Waals surface area contributed by atoms with Crippen LogP contribution in [0.2, 0.25) is 0 Å². The van der Waals surface area contributed by atoms with Crippen LogP contribution in [0.1, 0.15) is 23.7 Å². The van der Waals surface area contributed by atoms with Crippen molar-refractivity contribution in [3.63, 3.8) is 0 Å². The highest BCUT2D eigenvalue weighted by atomic mass is 15.3.